The zero-order chi connectivity index (χ0) is 15.4. The molecule has 3 rings (SSSR count). The molecule has 1 aliphatic rings. The van der Waals surface area contributed by atoms with Crippen molar-refractivity contribution in [1.82, 2.24) is 10.6 Å². The van der Waals surface area contributed by atoms with Crippen LogP contribution in [0.1, 0.15) is 20.0 Å². The van der Waals surface area contributed by atoms with Crippen LogP contribution in [0.4, 0.5) is 5.69 Å². The Kier molecular flexibility index (Phi) is 4.50. The number of benzene rings is 1. The molecule has 22 heavy (non-hydrogen) atoms. The van der Waals surface area contributed by atoms with Gasteiger partial charge in [-0.25, -0.2) is 0 Å². The quantitative estimate of drug-likeness (QED) is 0.790. The van der Waals surface area contributed by atoms with Crippen LogP contribution < -0.4 is 16.0 Å². The summed E-state index contributed by atoms with van der Waals surface area (Å²) in [6.45, 7) is 2.63. The van der Waals surface area contributed by atoms with Gasteiger partial charge in [0.2, 0.25) is 0 Å². The summed E-state index contributed by atoms with van der Waals surface area (Å²) in [6.07, 6.45) is 0. The Balaban J connectivity index is 1.55. The van der Waals surface area contributed by atoms with Gasteiger partial charge in [-0.2, -0.15) is 0 Å². The maximum absolute atomic E-state index is 12.0. The molecule has 2 amide bonds. The van der Waals surface area contributed by atoms with Crippen molar-refractivity contribution in [3.8, 4) is 0 Å². The van der Waals surface area contributed by atoms with Crippen LogP contribution in [0, 0.1) is 5.92 Å². The predicted octanol–water partition coefficient (Wildman–Crippen LogP) is 1.95. The lowest BCUT2D eigenvalue weighted by atomic mass is 10.0. The monoisotopic (exact) mass is 315 g/mol. The van der Waals surface area contributed by atoms with Gasteiger partial charge in [-0.1, -0.05) is 6.07 Å². The van der Waals surface area contributed by atoms with Crippen LogP contribution in [0.25, 0.3) is 0 Å². The molecule has 2 heterocycles. The average molecular weight is 315 g/mol. The second kappa shape index (κ2) is 6.72. The lowest BCUT2D eigenvalue weighted by Crippen LogP contribution is -2.48. The molecular formula is C16H17N3O2S. The van der Waals surface area contributed by atoms with Gasteiger partial charge in [0.15, 0.2) is 0 Å². The summed E-state index contributed by atoms with van der Waals surface area (Å²) in [5.41, 5.74) is 1.28. The largest absolute Gasteiger partial charge is 0.352 e. The van der Waals surface area contributed by atoms with E-state index in [-0.39, 0.29) is 11.8 Å². The summed E-state index contributed by atoms with van der Waals surface area (Å²) in [4.78, 5) is 24.6. The third-order valence-corrected chi connectivity index (χ3v) is 4.44. The van der Waals surface area contributed by atoms with Crippen molar-refractivity contribution in [2.45, 2.75) is 0 Å². The first-order valence-corrected chi connectivity index (χ1v) is 8.04. The highest BCUT2D eigenvalue weighted by atomic mass is 32.1. The van der Waals surface area contributed by atoms with Gasteiger partial charge in [0.25, 0.3) is 11.8 Å². The number of carbonyl (C=O) groups excluding carboxylic acids is 2. The van der Waals surface area contributed by atoms with Gasteiger partial charge in [-0.05, 0) is 35.7 Å². The topological polar surface area (TPSA) is 70.2 Å². The molecule has 1 saturated heterocycles. The third-order valence-electron chi connectivity index (χ3n) is 3.57. The van der Waals surface area contributed by atoms with Crippen LogP contribution in [-0.4, -0.2) is 31.4 Å². The molecule has 1 aliphatic heterocycles. The van der Waals surface area contributed by atoms with Crippen LogP contribution in [0.5, 0.6) is 0 Å². The van der Waals surface area contributed by atoms with E-state index in [4.69, 9.17) is 0 Å². The smallest absolute Gasteiger partial charge is 0.265 e. The fourth-order valence-electron chi connectivity index (χ4n) is 2.14. The highest BCUT2D eigenvalue weighted by Crippen LogP contribution is 2.14. The van der Waals surface area contributed by atoms with Crippen molar-refractivity contribution < 1.29 is 9.59 Å². The fourth-order valence-corrected chi connectivity index (χ4v) is 2.76. The second-order valence-electron chi connectivity index (χ2n) is 5.24. The van der Waals surface area contributed by atoms with Gasteiger partial charge in [-0.3, -0.25) is 9.59 Å². The minimum atomic E-state index is -0.135. The van der Waals surface area contributed by atoms with Gasteiger partial charge < -0.3 is 16.0 Å². The van der Waals surface area contributed by atoms with Crippen LogP contribution in [-0.2, 0) is 0 Å². The van der Waals surface area contributed by atoms with E-state index in [1.807, 2.05) is 11.4 Å². The molecule has 0 saturated carbocycles. The van der Waals surface area contributed by atoms with E-state index < -0.39 is 0 Å². The SMILES string of the molecule is O=C(NCC1CNC1)c1ccc(NC(=O)c2cccs2)cc1. The van der Waals surface area contributed by atoms with Crippen molar-refractivity contribution >= 4 is 28.8 Å². The Morgan fingerprint density at radius 2 is 1.91 bits per heavy atom. The van der Waals surface area contributed by atoms with Gasteiger partial charge in [0, 0.05) is 36.8 Å². The normalized spacial score (nSPS) is 14.2. The lowest BCUT2D eigenvalue weighted by Gasteiger charge is -2.27. The number of thiophene rings is 1. The Morgan fingerprint density at radius 3 is 2.50 bits per heavy atom. The highest BCUT2D eigenvalue weighted by Gasteiger charge is 2.17. The molecule has 1 aromatic heterocycles. The number of hydrogen-bond acceptors (Lipinski definition) is 4. The van der Waals surface area contributed by atoms with E-state index in [1.165, 1.54) is 11.3 Å². The number of nitrogens with one attached hydrogen (secondary N) is 3. The van der Waals surface area contributed by atoms with Gasteiger partial charge in [0.05, 0.1) is 4.88 Å². The Labute approximate surface area is 132 Å². The summed E-state index contributed by atoms with van der Waals surface area (Å²) in [6, 6.07) is 10.5. The van der Waals surface area contributed by atoms with Gasteiger partial charge in [0.1, 0.15) is 0 Å². The van der Waals surface area contributed by atoms with Crippen LogP contribution >= 0.6 is 11.3 Å². The first kappa shape index (κ1) is 14.7. The third kappa shape index (κ3) is 3.52. The van der Waals surface area contributed by atoms with Crippen molar-refractivity contribution in [2.24, 2.45) is 5.92 Å². The van der Waals surface area contributed by atoms with Crippen molar-refractivity contribution in [1.29, 1.82) is 0 Å². The number of hydrogen-bond donors (Lipinski definition) is 3. The number of amides is 2. The first-order valence-electron chi connectivity index (χ1n) is 7.16. The minimum Gasteiger partial charge on any atom is -0.352 e. The van der Waals surface area contributed by atoms with E-state index in [0.29, 0.717) is 28.6 Å². The lowest BCUT2D eigenvalue weighted by molar-refractivity contribution is 0.0941. The van der Waals surface area contributed by atoms with Crippen molar-refractivity contribution in [2.75, 3.05) is 25.0 Å². The standard InChI is InChI=1S/C16H17N3O2S/c20-15(18-10-11-8-17-9-11)12-3-5-13(6-4-12)19-16(21)14-2-1-7-22-14/h1-7,11,17H,8-10H2,(H,18,20)(H,19,21). The predicted molar refractivity (Wildman–Crippen MR) is 87.4 cm³/mol. The molecule has 1 fully saturated rings. The molecule has 5 nitrogen and oxygen atoms in total. The molecule has 2 aromatic rings. The molecule has 0 unspecified atom stereocenters. The molecule has 1 aromatic carbocycles. The summed E-state index contributed by atoms with van der Waals surface area (Å²) >= 11 is 1.39. The number of carbonyl (C=O) groups is 2. The summed E-state index contributed by atoms with van der Waals surface area (Å²) in [5.74, 6) is 0.320. The maximum atomic E-state index is 12.0. The molecule has 0 bridgehead atoms. The van der Waals surface area contributed by atoms with E-state index in [1.54, 1.807) is 30.3 Å². The van der Waals surface area contributed by atoms with Crippen molar-refractivity contribution in [3.63, 3.8) is 0 Å². The average Bonchev–Trinajstić information content (AvgIpc) is 3.00. The van der Waals surface area contributed by atoms with Crippen LogP contribution in [0.15, 0.2) is 41.8 Å². The van der Waals surface area contributed by atoms with Crippen LogP contribution in [0.2, 0.25) is 0 Å². The van der Waals surface area contributed by atoms with Crippen molar-refractivity contribution in [3.05, 3.63) is 52.2 Å². The summed E-state index contributed by atoms with van der Waals surface area (Å²) in [5, 5.41) is 10.8. The minimum absolute atomic E-state index is 0.0805. The molecule has 0 aliphatic carbocycles. The van der Waals surface area contributed by atoms with Crippen LogP contribution in [0.3, 0.4) is 0 Å². The zero-order valence-corrected chi connectivity index (χ0v) is 12.8. The molecule has 6 heteroatoms. The summed E-state index contributed by atoms with van der Waals surface area (Å²) < 4.78 is 0. The molecule has 0 spiro atoms. The van der Waals surface area contributed by atoms with Gasteiger partial charge >= 0.3 is 0 Å². The maximum Gasteiger partial charge on any atom is 0.265 e. The fraction of sp³-hybridized carbons (Fsp3) is 0.250. The van der Waals surface area contributed by atoms with E-state index in [0.717, 1.165) is 13.1 Å². The second-order valence-corrected chi connectivity index (χ2v) is 6.19. The molecule has 0 radical (unpaired) electrons. The Hall–Kier alpha value is -2.18. The Bertz CT molecular complexity index is 649. The zero-order valence-electron chi connectivity index (χ0n) is 12.0. The van der Waals surface area contributed by atoms with Gasteiger partial charge in [-0.15, -0.1) is 11.3 Å². The number of anilines is 1. The van der Waals surface area contributed by atoms with E-state index in [9.17, 15) is 9.59 Å². The molecular weight excluding hydrogens is 298 g/mol. The Morgan fingerprint density at radius 1 is 1.14 bits per heavy atom. The molecule has 3 N–H and O–H groups in total. The highest BCUT2D eigenvalue weighted by molar-refractivity contribution is 7.12. The number of rotatable bonds is 5. The first-order chi connectivity index (χ1) is 10.7. The van der Waals surface area contributed by atoms with E-state index >= 15 is 0 Å². The molecule has 0 atom stereocenters. The summed E-state index contributed by atoms with van der Waals surface area (Å²) in [7, 11) is 0. The van der Waals surface area contributed by atoms with E-state index in [2.05, 4.69) is 16.0 Å². The molecule has 114 valence electrons.